The summed E-state index contributed by atoms with van der Waals surface area (Å²) in [5.41, 5.74) is 4.38. The van der Waals surface area contributed by atoms with Crippen molar-refractivity contribution in [2.75, 3.05) is 19.6 Å². The molecule has 0 spiro atoms. The number of aromatic amines is 2. The maximum Gasteiger partial charge on any atom is 0.326 e. The highest BCUT2D eigenvalue weighted by atomic mass is 32.1. The Balaban J connectivity index is 1.23. The minimum atomic E-state index is -0.562. The molecule has 1 unspecified atom stereocenters. The first-order valence-corrected chi connectivity index (χ1v) is 16.3. The van der Waals surface area contributed by atoms with Gasteiger partial charge in [0.05, 0.1) is 17.8 Å². The lowest BCUT2D eigenvalue weighted by atomic mass is 9.71. The Bertz CT molecular complexity index is 1730. The Hall–Kier alpha value is -3.67. The van der Waals surface area contributed by atoms with Gasteiger partial charge in [0.2, 0.25) is 0 Å². The zero-order valence-corrected chi connectivity index (χ0v) is 26.3. The number of hydrogen-bond donors (Lipinski definition) is 4. The summed E-state index contributed by atoms with van der Waals surface area (Å²) in [4.78, 5) is 54.8. The molecular formula is C33H40N6O4S. The molecule has 44 heavy (non-hydrogen) atoms. The van der Waals surface area contributed by atoms with Gasteiger partial charge >= 0.3 is 5.69 Å². The summed E-state index contributed by atoms with van der Waals surface area (Å²) in [5.74, 6) is 0.356. The van der Waals surface area contributed by atoms with Gasteiger partial charge in [-0.3, -0.25) is 14.6 Å². The van der Waals surface area contributed by atoms with E-state index in [0.717, 1.165) is 73.3 Å². The molecule has 1 aromatic carbocycles. The summed E-state index contributed by atoms with van der Waals surface area (Å²) in [5, 5.41) is 13.5. The van der Waals surface area contributed by atoms with Gasteiger partial charge < -0.3 is 20.3 Å². The summed E-state index contributed by atoms with van der Waals surface area (Å²) in [6.07, 6.45) is 4.98. The van der Waals surface area contributed by atoms with Gasteiger partial charge in [-0.2, -0.15) is 0 Å². The normalized spacial score (nSPS) is 18.7. The maximum atomic E-state index is 13.6. The van der Waals surface area contributed by atoms with Crippen LogP contribution >= 0.6 is 11.3 Å². The van der Waals surface area contributed by atoms with Crippen LogP contribution in [0.5, 0.6) is 0 Å². The molecule has 4 N–H and O–H groups in total. The van der Waals surface area contributed by atoms with Crippen molar-refractivity contribution >= 4 is 27.6 Å². The highest BCUT2D eigenvalue weighted by Crippen LogP contribution is 2.38. The molecular weight excluding hydrogens is 576 g/mol. The molecule has 0 radical (unpaired) electrons. The van der Waals surface area contributed by atoms with Crippen LogP contribution in [0.1, 0.15) is 79.1 Å². The first kappa shape index (κ1) is 30.4. The third-order valence-corrected chi connectivity index (χ3v) is 10.1. The van der Waals surface area contributed by atoms with Gasteiger partial charge in [-0.15, -0.1) is 0 Å². The highest BCUT2D eigenvalue weighted by molar-refractivity contribution is 7.19. The molecule has 1 aliphatic heterocycles. The number of aromatic nitrogens is 4. The lowest BCUT2D eigenvalue weighted by Crippen LogP contribution is -2.38. The van der Waals surface area contributed by atoms with Crippen molar-refractivity contribution in [1.82, 2.24) is 30.2 Å². The number of pyridine rings is 1. The quantitative estimate of drug-likeness (QED) is 0.244. The van der Waals surface area contributed by atoms with E-state index in [-0.39, 0.29) is 23.5 Å². The Morgan fingerprint density at radius 3 is 2.55 bits per heavy atom. The number of aryl methyl sites for hydroxylation is 1. The molecule has 0 saturated carbocycles. The van der Waals surface area contributed by atoms with Crippen LogP contribution in [0.25, 0.3) is 21.6 Å². The number of thiazole rings is 1. The van der Waals surface area contributed by atoms with Crippen molar-refractivity contribution in [3.63, 3.8) is 0 Å². The van der Waals surface area contributed by atoms with Crippen molar-refractivity contribution in [2.24, 2.45) is 11.3 Å². The van der Waals surface area contributed by atoms with Crippen LogP contribution in [0.15, 0.2) is 46.0 Å². The van der Waals surface area contributed by atoms with Crippen LogP contribution in [-0.2, 0) is 12.8 Å². The number of carbonyl (C=O) groups is 1. The number of nitrogens with one attached hydrogen (secondary N) is 3. The molecule has 11 heteroatoms. The van der Waals surface area contributed by atoms with Gasteiger partial charge in [0, 0.05) is 31.4 Å². The molecule has 2 atom stereocenters. The Labute approximate surface area is 260 Å². The summed E-state index contributed by atoms with van der Waals surface area (Å²) < 4.78 is 0. The number of aliphatic hydroxyl groups is 1. The number of H-pyrrole nitrogens is 2. The number of amides is 1. The Morgan fingerprint density at radius 1 is 1.09 bits per heavy atom. The van der Waals surface area contributed by atoms with Crippen molar-refractivity contribution in [1.29, 1.82) is 0 Å². The largest absolute Gasteiger partial charge is 0.393 e. The van der Waals surface area contributed by atoms with E-state index in [2.05, 4.69) is 47.0 Å². The Kier molecular flexibility index (Phi) is 8.54. The van der Waals surface area contributed by atoms with E-state index in [1.807, 2.05) is 24.3 Å². The van der Waals surface area contributed by atoms with Crippen LogP contribution in [-0.4, -0.2) is 61.6 Å². The van der Waals surface area contributed by atoms with Crippen molar-refractivity contribution in [3.8, 4) is 11.3 Å². The minimum absolute atomic E-state index is 0.233. The molecule has 4 aromatic rings. The van der Waals surface area contributed by atoms with Crippen LogP contribution in [0.4, 0.5) is 0 Å². The molecule has 3 aromatic heterocycles. The summed E-state index contributed by atoms with van der Waals surface area (Å²) in [7, 11) is 0. The fourth-order valence-corrected chi connectivity index (χ4v) is 7.21. The first-order valence-electron chi connectivity index (χ1n) is 15.5. The van der Waals surface area contributed by atoms with E-state index in [1.54, 1.807) is 0 Å². The second kappa shape index (κ2) is 12.4. The predicted molar refractivity (Wildman–Crippen MR) is 172 cm³/mol. The number of aliphatic hydroxyl groups excluding tert-OH is 1. The van der Waals surface area contributed by atoms with Crippen LogP contribution in [0.3, 0.4) is 0 Å². The molecule has 232 valence electrons. The van der Waals surface area contributed by atoms with Gasteiger partial charge in [-0.25, -0.2) is 14.8 Å². The first-order chi connectivity index (χ1) is 21.0. The van der Waals surface area contributed by atoms with E-state index < -0.39 is 11.2 Å². The molecule has 0 bridgehead atoms. The fraction of sp³-hybridized carbons (Fsp3) is 0.485. The summed E-state index contributed by atoms with van der Waals surface area (Å²) in [6.45, 7) is 9.29. The third-order valence-electron chi connectivity index (χ3n) is 9.15. The fourth-order valence-electron chi connectivity index (χ4n) is 6.36. The topological polar surface area (TPSA) is 144 Å². The maximum absolute atomic E-state index is 13.6. The minimum Gasteiger partial charge on any atom is -0.393 e. The average Bonchev–Trinajstić information content (AvgIpc) is 3.41. The third kappa shape index (κ3) is 6.85. The molecule has 2 aliphatic rings. The van der Waals surface area contributed by atoms with E-state index in [4.69, 9.17) is 9.97 Å². The van der Waals surface area contributed by atoms with E-state index >= 15 is 0 Å². The molecule has 1 saturated heterocycles. The Morgan fingerprint density at radius 2 is 1.84 bits per heavy atom. The van der Waals surface area contributed by atoms with Gasteiger partial charge in [0.1, 0.15) is 10.3 Å². The zero-order valence-electron chi connectivity index (χ0n) is 25.5. The summed E-state index contributed by atoms with van der Waals surface area (Å²) in [6, 6.07) is 10.7. The van der Waals surface area contributed by atoms with Crippen LogP contribution in [0.2, 0.25) is 0 Å². The zero-order chi connectivity index (χ0) is 31.0. The number of hydrogen-bond acceptors (Lipinski definition) is 8. The van der Waals surface area contributed by atoms with Gasteiger partial charge in [0.15, 0.2) is 5.01 Å². The van der Waals surface area contributed by atoms with Crippen molar-refractivity contribution in [2.45, 2.75) is 71.4 Å². The van der Waals surface area contributed by atoms with Gasteiger partial charge in [-0.05, 0) is 72.6 Å². The molecule has 6 rings (SSSR count). The van der Waals surface area contributed by atoms with Crippen LogP contribution < -0.4 is 16.6 Å². The van der Waals surface area contributed by atoms with Crippen LogP contribution in [0, 0.1) is 11.3 Å². The SMILES string of the molecule is CC(C)(C)[C@H]1CCc2nc3sc(C(=O)NC(CCN4CCC(O)CC4)c4ccc(-c5cc(=O)[nH]c(=O)[nH]5)cc4)nc3cc2C1. The molecule has 1 amide bonds. The molecule has 1 aliphatic carbocycles. The lowest BCUT2D eigenvalue weighted by molar-refractivity contribution is 0.0795. The average molecular weight is 617 g/mol. The number of benzene rings is 1. The molecule has 10 nitrogen and oxygen atoms in total. The van der Waals surface area contributed by atoms with E-state index in [1.165, 1.54) is 23.0 Å². The smallest absolute Gasteiger partial charge is 0.326 e. The van der Waals surface area contributed by atoms with Crippen molar-refractivity contribution < 1.29 is 9.90 Å². The van der Waals surface area contributed by atoms with Gasteiger partial charge in [-0.1, -0.05) is 56.4 Å². The predicted octanol–water partition coefficient (Wildman–Crippen LogP) is 4.20. The second-order valence-corrected chi connectivity index (χ2v) is 14.2. The standard InChI is InChI=1S/C33H40N6O4S/c1-33(2,3)22-8-9-24-21(16-22)17-27-30(35-24)44-31(36-27)29(42)34-25(12-15-39-13-10-23(40)11-14-39)19-4-6-20(7-5-19)26-18-28(41)38-32(43)37-26/h4-7,17-18,22-23,25,40H,8-16H2,1-3H3,(H,34,42)(H2,37,38,41,43)/t22-,25?/m0/s1. The number of carbonyl (C=O) groups excluding carboxylic acids is 1. The number of piperidine rings is 1. The number of rotatable bonds is 7. The summed E-state index contributed by atoms with van der Waals surface area (Å²) >= 11 is 1.33. The van der Waals surface area contributed by atoms with Crippen molar-refractivity contribution in [3.05, 3.63) is 79.1 Å². The monoisotopic (exact) mass is 616 g/mol. The number of nitrogens with zero attached hydrogens (tertiary/aromatic N) is 3. The molecule has 4 heterocycles. The van der Waals surface area contributed by atoms with E-state index in [9.17, 15) is 19.5 Å². The van der Waals surface area contributed by atoms with Gasteiger partial charge in [0.25, 0.3) is 11.5 Å². The lowest BCUT2D eigenvalue weighted by Gasteiger charge is -2.34. The molecule has 1 fully saturated rings. The number of likely N-dealkylation sites (tertiary alicyclic amines) is 1. The highest BCUT2D eigenvalue weighted by Gasteiger charge is 2.30. The number of fused-ring (bicyclic) bond motifs is 2. The second-order valence-electron chi connectivity index (χ2n) is 13.3. The van der Waals surface area contributed by atoms with E-state index in [0.29, 0.717) is 28.6 Å².